The summed E-state index contributed by atoms with van der Waals surface area (Å²) in [5.41, 5.74) is 6.68. The van der Waals surface area contributed by atoms with Gasteiger partial charge in [0.05, 0.1) is 12.8 Å². The number of para-hydroxylation sites is 2. The number of nitrogens with two attached hydrogens (primary N) is 1. The van der Waals surface area contributed by atoms with Crippen molar-refractivity contribution >= 4 is 11.5 Å². The highest BCUT2D eigenvalue weighted by atomic mass is 16.5. The van der Waals surface area contributed by atoms with E-state index in [1.807, 2.05) is 35.1 Å². The second-order valence-corrected chi connectivity index (χ2v) is 4.45. The van der Waals surface area contributed by atoms with Gasteiger partial charge < -0.3 is 15.4 Å². The number of anilines is 2. The molecule has 1 aromatic carbocycles. The summed E-state index contributed by atoms with van der Waals surface area (Å²) in [6, 6.07) is 9.83. The Kier molecular flexibility index (Phi) is 4.28. The van der Waals surface area contributed by atoms with Crippen LogP contribution in [0.15, 0.2) is 36.5 Å². The Hall–Kier alpha value is -2.17. The number of benzene rings is 1. The van der Waals surface area contributed by atoms with Crippen LogP contribution in [0.5, 0.6) is 5.75 Å². The third-order valence-electron chi connectivity index (χ3n) is 3.04. The topological polar surface area (TPSA) is 56.3 Å². The lowest BCUT2D eigenvalue weighted by molar-refractivity contribution is 0.414. The van der Waals surface area contributed by atoms with Gasteiger partial charge in [-0.2, -0.15) is 5.10 Å². The van der Waals surface area contributed by atoms with Gasteiger partial charge in [-0.1, -0.05) is 12.1 Å². The van der Waals surface area contributed by atoms with E-state index in [0.717, 1.165) is 30.9 Å². The van der Waals surface area contributed by atoms with Crippen molar-refractivity contribution in [3.63, 3.8) is 0 Å². The fraction of sp³-hybridized carbons (Fsp3) is 0.357. The van der Waals surface area contributed by atoms with Gasteiger partial charge in [0.15, 0.2) is 0 Å². The van der Waals surface area contributed by atoms with Crippen LogP contribution in [-0.4, -0.2) is 30.5 Å². The molecule has 0 atom stereocenters. The maximum Gasteiger partial charge on any atom is 0.145 e. The van der Waals surface area contributed by atoms with Gasteiger partial charge in [-0.25, -0.2) is 0 Å². The first-order chi connectivity index (χ1) is 9.20. The van der Waals surface area contributed by atoms with Gasteiger partial charge in [-0.15, -0.1) is 0 Å². The number of aryl methyl sites for hydroxylation is 1. The zero-order valence-electron chi connectivity index (χ0n) is 11.4. The van der Waals surface area contributed by atoms with E-state index in [-0.39, 0.29) is 0 Å². The molecular weight excluding hydrogens is 240 g/mol. The van der Waals surface area contributed by atoms with E-state index in [1.54, 1.807) is 7.11 Å². The summed E-state index contributed by atoms with van der Waals surface area (Å²) >= 11 is 0. The Morgan fingerprint density at radius 2 is 2.11 bits per heavy atom. The van der Waals surface area contributed by atoms with Gasteiger partial charge in [0, 0.05) is 26.3 Å². The van der Waals surface area contributed by atoms with E-state index in [2.05, 4.69) is 23.1 Å². The van der Waals surface area contributed by atoms with Crippen LogP contribution in [0.25, 0.3) is 0 Å². The molecule has 1 aromatic heterocycles. The molecule has 0 saturated carbocycles. The highest BCUT2D eigenvalue weighted by Gasteiger charge is 2.06. The molecule has 0 aliphatic rings. The molecule has 0 spiro atoms. The molecule has 0 bridgehead atoms. The molecule has 0 aliphatic carbocycles. The molecule has 0 unspecified atom stereocenters. The fourth-order valence-corrected chi connectivity index (χ4v) is 2.04. The minimum Gasteiger partial charge on any atom is -0.495 e. The monoisotopic (exact) mass is 260 g/mol. The quantitative estimate of drug-likeness (QED) is 0.863. The first-order valence-corrected chi connectivity index (χ1v) is 6.34. The average molecular weight is 260 g/mol. The lowest BCUT2D eigenvalue weighted by Gasteiger charge is -2.21. The molecule has 2 rings (SSSR count). The maximum absolute atomic E-state index is 5.58. The molecule has 2 N–H and O–H groups in total. The maximum atomic E-state index is 5.58. The van der Waals surface area contributed by atoms with Crippen LogP contribution in [-0.2, 0) is 6.54 Å². The molecular formula is C14H20N4O. The highest BCUT2D eigenvalue weighted by Crippen LogP contribution is 2.26. The van der Waals surface area contributed by atoms with Crippen molar-refractivity contribution in [1.82, 2.24) is 9.78 Å². The summed E-state index contributed by atoms with van der Waals surface area (Å²) in [7, 11) is 3.76. The second kappa shape index (κ2) is 6.13. The van der Waals surface area contributed by atoms with Gasteiger partial charge >= 0.3 is 0 Å². The van der Waals surface area contributed by atoms with Crippen LogP contribution in [0.4, 0.5) is 11.5 Å². The predicted molar refractivity (Wildman–Crippen MR) is 77.5 cm³/mol. The van der Waals surface area contributed by atoms with Crippen molar-refractivity contribution in [2.24, 2.45) is 0 Å². The highest BCUT2D eigenvalue weighted by molar-refractivity contribution is 5.57. The fourth-order valence-electron chi connectivity index (χ4n) is 2.04. The molecule has 0 radical (unpaired) electrons. The molecule has 0 amide bonds. The van der Waals surface area contributed by atoms with E-state index in [4.69, 9.17) is 10.5 Å². The first kappa shape index (κ1) is 13.3. The number of rotatable bonds is 6. The van der Waals surface area contributed by atoms with Gasteiger partial charge in [0.2, 0.25) is 0 Å². The zero-order valence-corrected chi connectivity index (χ0v) is 11.4. The molecule has 5 nitrogen and oxygen atoms in total. The predicted octanol–water partition coefficient (Wildman–Crippen LogP) is 2.00. The summed E-state index contributed by atoms with van der Waals surface area (Å²) in [6.07, 6.45) is 2.90. The van der Waals surface area contributed by atoms with E-state index in [9.17, 15) is 0 Å². The van der Waals surface area contributed by atoms with Crippen LogP contribution < -0.4 is 15.4 Å². The number of hydrogen-bond acceptors (Lipinski definition) is 4. The lowest BCUT2D eigenvalue weighted by atomic mass is 10.2. The van der Waals surface area contributed by atoms with E-state index >= 15 is 0 Å². The van der Waals surface area contributed by atoms with Gasteiger partial charge in [-0.3, -0.25) is 4.68 Å². The standard InChI is InChI=1S/C14H20N4O/c1-17(12-6-3-4-7-13(12)19-2)9-5-10-18-11-8-14(15)16-18/h3-4,6-8,11H,5,9-10H2,1-2H3,(H2,15,16). The van der Waals surface area contributed by atoms with Crippen LogP contribution in [0.1, 0.15) is 6.42 Å². The molecule has 0 fully saturated rings. The smallest absolute Gasteiger partial charge is 0.145 e. The number of nitrogen functional groups attached to an aromatic ring is 1. The summed E-state index contributed by atoms with van der Waals surface area (Å²) in [6.45, 7) is 1.79. The average Bonchev–Trinajstić information content (AvgIpc) is 2.84. The summed E-state index contributed by atoms with van der Waals surface area (Å²) in [5, 5.41) is 4.17. The second-order valence-electron chi connectivity index (χ2n) is 4.45. The molecule has 5 heteroatoms. The molecule has 0 saturated heterocycles. The summed E-state index contributed by atoms with van der Waals surface area (Å²) in [4.78, 5) is 2.19. The molecule has 1 heterocycles. The summed E-state index contributed by atoms with van der Waals surface area (Å²) < 4.78 is 7.23. The summed E-state index contributed by atoms with van der Waals surface area (Å²) in [5.74, 6) is 1.46. The van der Waals surface area contributed by atoms with E-state index in [0.29, 0.717) is 5.82 Å². The molecule has 2 aromatic rings. The van der Waals surface area contributed by atoms with Crippen molar-refractivity contribution in [3.8, 4) is 5.75 Å². The van der Waals surface area contributed by atoms with Crippen molar-refractivity contribution in [2.45, 2.75) is 13.0 Å². The van der Waals surface area contributed by atoms with E-state index in [1.165, 1.54) is 0 Å². The van der Waals surface area contributed by atoms with Crippen molar-refractivity contribution < 1.29 is 4.74 Å². The Balaban J connectivity index is 1.88. The molecule has 0 aliphatic heterocycles. The van der Waals surface area contributed by atoms with Crippen molar-refractivity contribution in [2.75, 3.05) is 31.3 Å². The molecule has 102 valence electrons. The minimum atomic E-state index is 0.568. The normalized spacial score (nSPS) is 10.4. The Bertz CT molecular complexity index is 524. The lowest BCUT2D eigenvalue weighted by Crippen LogP contribution is -2.20. The molecule has 19 heavy (non-hydrogen) atoms. The number of aromatic nitrogens is 2. The Labute approximate surface area is 113 Å². The zero-order chi connectivity index (χ0) is 13.7. The number of methoxy groups -OCH3 is 1. The Morgan fingerprint density at radius 3 is 2.79 bits per heavy atom. The van der Waals surface area contributed by atoms with Crippen LogP contribution in [0, 0.1) is 0 Å². The number of hydrogen-bond donors (Lipinski definition) is 1. The third-order valence-corrected chi connectivity index (χ3v) is 3.04. The Morgan fingerprint density at radius 1 is 1.32 bits per heavy atom. The number of ether oxygens (including phenoxy) is 1. The van der Waals surface area contributed by atoms with Crippen molar-refractivity contribution in [3.05, 3.63) is 36.5 Å². The first-order valence-electron chi connectivity index (χ1n) is 6.34. The van der Waals surface area contributed by atoms with Crippen LogP contribution in [0.3, 0.4) is 0 Å². The van der Waals surface area contributed by atoms with Crippen molar-refractivity contribution in [1.29, 1.82) is 0 Å². The van der Waals surface area contributed by atoms with Crippen LogP contribution in [0.2, 0.25) is 0 Å². The van der Waals surface area contributed by atoms with E-state index < -0.39 is 0 Å². The van der Waals surface area contributed by atoms with Crippen LogP contribution >= 0.6 is 0 Å². The SMILES string of the molecule is COc1ccccc1N(C)CCCn1ccc(N)n1. The number of nitrogens with zero attached hydrogens (tertiary/aromatic N) is 3. The van der Waals surface area contributed by atoms with Gasteiger partial charge in [0.1, 0.15) is 11.6 Å². The largest absolute Gasteiger partial charge is 0.495 e. The van der Waals surface area contributed by atoms with Gasteiger partial charge in [0.25, 0.3) is 0 Å². The minimum absolute atomic E-state index is 0.568. The third kappa shape index (κ3) is 3.40. The van der Waals surface area contributed by atoms with Gasteiger partial charge in [-0.05, 0) is 24.6 Å².